The van der Waals surface area contributed by atoms with Crippen molar-refractivity contribution in [1.29, 1.82) is 0 Å². The van der Waals surface area contributed by atoms with Crippen molar-refractivity contribution in [1.82, 2.24) is 15.0 Å². The number of nitrogens with zero attached hydrogens (tertiary/aromatic N) is 2. The summed E-state index contributed by atoms with van der Waals surface area (Å²) in [5, 5.41) is 0.738. The molecule has 18 heavy (non-hydrogen) atoms. The van der Waals surface area contributed by atoms with Crippen molar-refractivity contribution in [2.45, 2.75) is 19.3 Å². The van der Waals surface area contributed by atoms with Crippen molar-refractivity contribution in [3.05, 3.63) is 22.1 Å². The van der Waals surface area contributed by atoms with Gasteiger partial charge in [-0.05, 0) is 18.4 Å². The predicted octanol–water partition coefficient (Wildman–Crippen LogP) is 3.40. The topological polar surface area (TPSA) is 50.8 Å². The molecular formula is C12H13Cl2N3O. The van der Waals surface area contributed by atoms with Crippen LogP contribution in [0.2, 0.25) is 10.2 Å². The number of hydrogen-bond donors (Lipinski definition) is 1. The minimum atomic E-state index is 0.294. The SMILES string of the molecule is CC1COCCC1c1nc2nc(Cl)c(Cl)cc2[nH]1. The molecule has 2 aromatic rings. The standard InChI is InChI=1S/C12H13Cl2N3O/c1-6-5-18-3-2-7(6)11-15-9-4-8(13)10(14)16-12(9)17-11/h4,6-7H,2-3,5H2,1H3,(H,15,16,17). The van der Waals surface area contributed by atoms with Gasteiger partial charge in [-0.2, -0.15) is 0 Å². The van der Waals surface area contributed by atoms with Gasteiger partial charge in [0.2, 0.25) is 0 Å². The summed E-state index contributed by atoms with van der Waals surface area (Å²) in [6.07, 6.45) is 0.975. The Morgan fingerprint density at radius 1 is 1.39 bits per heavy atom. The van der Waals surface area contributed by atoms with E-state index in [0.717, 1.165) is 31.0 Å². The van der Waals surface area contributed by atoms with Gasteiger partial charge in [0.1, 0.15) is 11.0 Å². The van der Waals surface area contributed by atoms with Crippen LogP contribution in [0.25, 0.3) is 11.2 Å². The van der Waals surface area contributed by atoms with Crippen molar-refractivity contribution >= 4 is 34.4 Å². The molecule has 0 spiro atoms. The highest BCUT2D eigenvalue weighted by Gasteiger charge is 2.26. The van der Waals surface area contributed by atoms with Gasteiger partial charge >= 0.3 is 0 Å². The molecular weight excluding hydrogens is 273 g/mol. The first-order chi connectivity index (χ1) is 8.65. The maximum absolute atomic E-state index is 5.95. The lowest BCUT2D eigenvalue weighted by atomic mass is 9.89. The summed E-state index contributed by atoms with van der Waals surface area (Å²) in [5.74, 6) is 1.78. The molecule has 0 radical (unpaired) electrons. The smallest absolute Gasteiger partial charge is 0.179 e. The number of nitrogens with one attached hydrogen (secondary N) is 1. The zero-order valence-electron chi connectivity index (χ0n) is 9.91. The van der Waals surface area contributed by atoms with Gasteiger partial charge in [0.25, 0.3) is 0 Å². The highest BCUT2D eigenvalue weighted by atomic mass is 35.5. The van der Waals surface area contributed by atoms with Crippen LogP contribution in [0.1, 0.15) is 25.1 Å². The molecule has 0 bridgehead atoms. The summed E-state index contributed by atoms with van der Waals surface area (Å²) in [6.45, 7) is 3.72. The Morgan fingerprint density at radius 3 is 3.00 bits per heavy atom. The van der Waals surface area contributed by atoms with Crippen LogP contribution >= 0.6 is 23.2 Å². The quantitative estimate of drug-likeness (QED) is 0.817. The Bertz CT molecular complexity index is 545. The van der Waals surface area contributed by atoms with Gasteiger partial charge < -0.3 is 9.72 Å². The maximum atomic E-state index is 5.95. The van der Waals surface area contributed by atoms with E-state index in [1.807, 2.05) is 0 Å². The Hall–Kier alpha value is -0.840. The summed E-state index contributed by atoms with van der Waals surface area (Å²) in [7, 11) is 0. The second-order valence-corrected chi connectivity index (χ2v) is 5.47. The number of H-pyrrole nitrogens is 1. The molecule has 0 amide bonds. The first-order valence-electron chi connectivity index (χ1n) is 5.94. The molecule has 3 rings (SSSR count). The average molecular weight is 286 g/mol. The number of halogens is 2. The molecule has 1 aliphatic heterocycles. The van der Waals surface area contributed by atoms with Crippen LogP contribution in [0.4, 0.5) is 0 Å². The zero-order chi connectivity index (χ0) is 12.7. The molecule has 2 unspecified atom stereocenters. The Balaban J connectivity index is 2.02. The molecule has 4 nitrogen and oxygen atoms in total. The molecule has 1 aliphatic rings. The Labute approximate surface area is 115 Å². The minimum Gasteiger partial charge on any atom is -0.381 e. The van der Waals surface area contributed by atoms with Gasteiger partial charge in [-0.25, -0.2) is 9.97 Å². The largest absolute Gasteiger partial charge is 0.381 e. The lowest BCUT2D eigenvalue weighted by Gasteiger charge is -2.26. The second-order valence-electron chi connectivity index (χ2n) is 4.70. The fourth-order valence-electron chi connectivity index (χ4n) is 2.38. The number of pyridine rings is 1. The van der Waals surface area contributed by atoms with Crippen LogP contribution in [-0.4, -0.2) is 28.2 Å². The average Bonchev–Trinajstić information content (AvgIpc) is 2.73. The molecule has 2 atom stereocenters. The van der Waals surface area contributed by atoms with Crippen LogP contribution in [0, 0.1) is 5.92 Å². The Morgan fingerprint density at radius 2 is 2.22 bits per heavy atom. The summed E-state index contributed by atoms with van der Waals surface area (Å²) >= 11 is 11.8. The summed E-state index contributed by atoms with van der Waals surface area (Å²) in [4.78, 5) is 12.0. The molecule has 96 valence electrons. The van der Waals surface area contributed by atoms with Gasteiger partial charge in [-0.15, -0.1) is 0 Å². The monoisotopic (exact) mass is 285 g/mol. The van der Waals surface area contributed by atoms with Gasteiger partial charge in [-0.1, -0.05) is 30.1 Å². The molecule has 3 heterocycles. The molecule has 0 saturated carbocycles. The number of aromatic nitrogens is 3. The van der Waals surface area contributed by atoms with Crippen molar-refractivity contribution in [2.24, 2.45) is 5.92 Å². The van der Waals surface area contributed by atoms with E-state index in [9.17, 15) is 0 Å². The van der Waals surface area contributed by atoms with Crippen LogP contribution < -0.4 is 0 Å². The number of imidazole rings is 1. The van der Waals surface area contributed by atoms with E-state index in [0.29, 0.717) is 27.7 Å². The first-order valence-corrected chi connectivity index (χ1v) is 6.70. The van der Waals surface area contributed by atoms with E-state index in [-0.39, 0.29) is 0 Å². The summed E-state index contributed by atoms with van der Waals surface area (Å²) in [5.41, 5.74) is 1.45. The highest BCUT2D eigenvalue weighted by Crippen LogP contribution is 2.32. The van der Waals surface area contributed by atoms with Gasteiger partial charge in [0.15, 0.2) is 5.65 Å². The van der Waals surface area contributed by atoms with Crippen LogP contribution in [0.3, 0.4) is 0 Å². The number of fused-ring (bicyclic) bond motifs is 1. The normalized spacial score (nSPS) is 24.6. The van der Waals surface area contributed by atoms with Gasteiger partial charge in [0, 0.05) is 19.1 Å². The molecule has 0 aromatic carbocycles. The molecule has 2 aromatic heterocycles. The lowest BCUT2D eigenvalue weighted by molar-refractivity contribution is 0.0455. The van der Waals surface area contributed by atoms with Crippen LogP contribution in [0.5, 0.6) is 0 Å². The minimum absolute atomic E-state index is 0.294. The summed E-state index contributed by atoms with van der Waals surface area (Å²) in [6, 6.07) is 1.77. The highest BCUT2D eigenvalue weighted by molar-refractivity contribution is 6.41. The fraction of sp³-hybridized carbons (Fsp3) is 0.500. The van der Waals surface area contributed by atoms with Crippen molar-refractivity contribution in [3.63, 3.8) is 0 Å². The first kappa shape index (κ1) is 12.2. The zero-order valence-corrected chi connectivity index (χ0v) is 11.4. The van der Waals surface area contributed by atoms with Crippen LogP contribution in [0.15, 0.2) is 6.07 Å². The van der Waals surface area contributed by atoms with E-state index >= 15 is 0 Å². The number of ether oxygens (including phenoxy) is 1. The van der Waals surface area contributed by atoms with E-state index < -0.39 is 0 Å². The molecule has 0 aliphatic carbocycles. The van der Waals surface area contributed by atoms with Gasteiger partial charge in [0.05, 0.1) is 10.5 Å². The Kier molecular flexibility index (Phi) is 3.18. The van der Waals surface area contributed by atoms with Gasteiger partial charge in [-0.3, -0.25) is 0 Å². The van der Waals surface area contributed by atoms with Crippen molar-refractivity contribution < 1.29 is 4.74 Å². The maximum Gasteiger partial charge on any atom is 0.179 e. The third-order valence-corrected chi connectivity index (χ3v) is 4.07. The number of rotatable bonds is 1. The molecule has 6 heteroatoms. The fourth-order valence-corrected chi connectivity index (χ4v) is 2.66. The van der Waals surface area contributed by atoms with Crippen molar-refractivity contribution in [3.8, 4) is 0 Å². The third-order valence-electron chi connectivity index (χ3n) is 3.39. The lowest BCUT2D eigenvalue weighted by Crippen LogP contribution is -2.24. The van der Waals surface area contributed by atoms with E-state index in [2.05, 4.69) is 21.9 Å². The van der Waals surface area contributed by atoms with E-state index in [1.54, 1.807) is 6.07 Å². The predicted molar refractivity (Wildman–Crippen MR) is 71.2 cm³/mol. The summed E-state index contributed by atoms with van der Waals surface area (Å²) < 4.78 is 5.45. The number of hydrogen-bond acceptors (Lipinski definition) is 3. The van der Waals surface area contributed by atoms with E-state index in [4.69, 9.17) is 27.9 Å². The molecule has 1 saturated heterocycles. The van der Waals surface area contributed by atoms with Crippen molar-refractivity contribution in [2.75, 3.05) is 13.2 Å². The second kappa shape index (κ2) is 4.68. The van der Waals surface area contributed by atoms with Crippen LogP contribution in [-0.2, 0) is 4.74 Å². The molecule has 1 N–H and O–H groups in total. The molecule has 1 fully saturated rings. The third kappa shape index (κ3) is 2.09. The van der Waals surface area contributed by atoms with E-state index in [1.165, 1.54) is 0 Å². The number of aromatic amines is 1.